The molecule has 2 amide bonds. The molecule has 0 heterocycles. The minimum atomic E-state index is -1.12. The summed E-state index contributed by atoms with van der Waals surface area (Å²) in [4.78, 5) is 34.0. The van der Waals surface area contributed by atoms with Crippen LogP contribution in [0.15, 0.2) is 47.6 Å². The molecule has 0 bridgehead atoms. The van der Waals surface area contributed by atoms with Crippen molar-refractivity contribution in [3.05, 3.63) is 58.6 Å². The van der Waals surface area contributed by atoms with Gasteiger partial charge in [0.2, 0.25) is 0 Å². The summed E-state index contributed by atoms with van der Waals surface area (Å²) in [6.45, 7) is 1.39. The Labute approximate surface area is 159 Å². The van der Waals surface area contributed by atoms with Crippen molar-refractivity contribution in [2.24, 2.45) is 5.10 Å². The smallest absolute Gasteiger partial charge is 0.341 e. The van der Waals surface area contributed by atoms with Crippen molar-refractivity contribution < 1.29 is 24.2 Å². The van der Waals surface area contributed by atoms with Gasteiger partial charge in [0.1, 0.15) is 5.75 Å². The number of rotatable bonds is 6. The predicted octanol–water partition coefficient (Wildman–Crippen LogP) is 2.20. The minimum Gasteiger partial charge on any atom is -0.480 e. The number of hydrogen-bond acceptors (Lipinski definition) is 5. The van der Waals surface area contributed by atoms with Crippen molar-refractivity contribution in [2.75, 3.05) is 11.9 Å². The Morgan fingerprint density at radius 2 is 1.85 bits per heavy atom. The minimum absolute atomic E-state index is 0.184. The topological polar surface area (TPSA) is 117 Å². The van der Waals surface area contributed by atoms with Gasteiger partial charge >= 0.3 is 17.8 Å². The molecular formula is C18H16ClN3O5. The molecular weight excluding hydrogens is 374 g/mol. The number of amides is 2. The maximum atomic E-state index is 11.8. The number of carbonyl (C=O) groups excluding carboxylic acids is 2. The standard InChI is InChI=1S/C18H16ClN3O5/c1-11-2-5-13(6-3-11)21-17(25)18(26)22-20-9-12-4-7-15(14(19)8-12)27-10-16(23)24/h2-9H,10H2,1H3,(H,21,25)(H,22,26)(H,23,24)/b20-9-. The number of benzene rings is 2. The van der Waals surface area contributed by atoms with Gasteiger partial charge in [-0.1, -0.05) is 29.3 Å². The third-order valence-electron chi connectivity index (χ3n) is 3.20. The molecule has 8 nitrogen and oxygen atoms in total. The Bertz CT molecular complexity index is 881. The lowest BCUT2D eigenvalue weighted by molar-refractivity contribution is -0.139. The van der Waals surface area contributed by atoms with Gasteiger partial charge in [0.15, 0.2) is 6.61 Å². The molecule has 0 aliphatic rings. The molecule has 0 fully saturated rings. The van der Waals surface area contributed by atoms with E-state index in [1.54, 1.807) is 30.3 Å². The van der Waals surface area contributed by atoms with Gasteiger partial charge in [0.05, 0.1) is 11.2 Å². The van der Waals surface area contributed by atoms with Crippen LogP contribution in [0.1, 0.15) is 11.1 Å². The van der Waals surface area contributed by atoms with E-state index < -0.39 is 24.4 Å². The second-order valence-corrected chi connectivity index (χ2v) is 5.80. The van der Waals surface area contributed by atoms with Crippen molar-refractivity contribution in [2.45, 2.75) is 6.92 Å². The number of carboxylic acid groups (broad SMARTS) is 1. The molecule has 27 heavy (non-hydrogen) atoms. The molecule has 0 aliphatic carbocycles. The van der Waals surface area contributed by atoms with Gasteiger partial charge in [-0.3, -0.25) is 9.59 Å². The van der Waals surface area contributed by atoms with Crippen molar-refractivity contribution in [3.63, 3.8) is 0 Å². The summed E-state index contributed by atoms with van der Waals surface area (Å²) in [6, 6.07) is 11.5. The third-order valence-corrected chi connectivity index (χ3v) is 3.50. The van der Waals surface area contributed by atoms with E-state index in [1.807, 2.05) is 6.92 Å². The van der Waals surface area contributed by atoms with Crippen molar-refractivity contribution >= 4 is 41.3 Å². The van der Waals surface area contributed by atoms with E-state index in [0.717, 1.165) is 5.56 Å². The summed E-state index contributed by atoms with van der Waals surface area (Å²) in [7, 11) is 0. The maximum Gasteiger partial charge on any atom is 0.341 e. The maximum absolute atomic E-state index is 11.8. The fourth-order valence-electron chi connectivity index (χ4n) is 1.89. The number of carboxylic acids is 1. The van der Waals surface area contributed by atoms with Gasteiger partial charge in [-0.05, 0) is 42.8 Å². The van der Waals surface area contributed by atoms with E-state index in [4.69, 9.17) is 21.4 Å². The first-order valence-corrected chi connectivity index (χ1v) is 8.08. The average Bonchev–Trinajstić information content (AvgIpc) is 2.62. The number of anilines is 1. The number of hydrogen-bond donors (Lipinski definition) is 3. The molecule has 0 aromatic heterocycles. The molecule has 0 saturated carbocycles. The number of carbonyl (C=O) groups is 3. The summed E-state index contributed by atoms with van der Waals surface area (Å²) < 4.78 is 4.99. The fraction of sp³-hybridized carbons (Fsp3) is 0.111. The quantitative estimate of drug-likeness (QED) is 0.398. The van der Waals surface area contributed by atoms with Crippen LogP contribution in [-0.2, 0) is 14.4 Å². The van der Waals surface area contributed by atoms with Gasteiger partial charge < -0.3 is 15.2 Å². The lowest BCUT2D eigenvalue weighted by atomic mass is 10.2. The Balaban J connectivity index is 1.89. The van der Waals surface area contributed by atoms with Crippen LogP contribution in [0.5, 0.6) is 5.75 Å². The molecule has 0 saturated heterocycles. The van der Waals surface area contributed by atoms with Crippen LogP contribution in [-0.4, -0.2) is 35.7 Å². The zero-order valence-electron chi connectivity index (χ0n) is 14.2. The molecule has 2 aromatic rings. The highest BCUT2D eigenvalue weighted by molar-refractivity contribution is 6.39. The Kier molecular flexibility index (Phi) is 6.90. The predicted molar refractivity (Wildman–Crippen MR) is 100 cm³/mol. The van der Waals surface area contributed by atoms with E-state index in [9.17, 15) is 14.4 Å². The highest BCUT2D eigenvalue weighted by Crippen LogP contribution is 2.24. The zero-order valence-corrected chi connectivity index (χ0v) is 15.0. The van der Waals surface area contributed by atoms with Crippen LogP contribution in [0.3, 0.4) is 0 Å². The second kappa shape index (κ2) is 9.35. The summed E-state index contributed by atoms with van der Waals surface area (Å²) in [5.74, 6) is -2.70. The normalized spacial score (nSPS) is 10.4. The monoisotopic (exact) mass is 389 g/mol. The summed E-state index contributed by atoms with van der Waals surface area (Å²) >= 11 is 5.98. The van der Waals surface area contributed by atoms with Crippen LogP contribution >= 0.6 is 11.6 Å². The number of aryl methyl sites for hydroxylation is 1. The highest BCUT2D eigenvalue weighted by Gasteiger charge is 2.12. The molecule has 9 heteroatoms. The Morgan fingerprint density at radius 3 is 2.48 bits per heavy atom. The van der Waals surface area contributed by atoms with Crippen molar-refractivity contribution in [3.8, 4) is 5.75 Å². The number of hydrazone groups is 1. The Hall–Kier alpha value is -3.39. The van der Waals surface area contributed by atoms with Crippen molar-refractivity contribution in [1.82, 2.24) is 5.43 Å². The van der Waals surface area contributed by atoms with Crippen LogP contribution in [0, 0.1) is 6.92 Å². The van der Waals surface area contributed by atoms with Crippen molar-refractivity contribution in [1.29, 1.82) is 0 Å². The SMILES string of the molecule is Cc1ccc(NC(=O)C(=O)N/N=C\c2ccc(OCC(=O)O)c(Cl)c2)cc1. The largest absolute Gasteiger partial charge is 0.480 e. The number of nitrogens with one attached hydrogen (secondary N) is 2. The summed E-state index contributed by atoms with van der Waals surface area (Å²) in [5.41, 5.74) is 4.14. The van der Waals surface area contributed by atoms with Crippen LogP contribution < -0.4 is 15.5 Å². The van der Waals surface area contributed by atoms with Crippen LogP contribution in [0.4, 0.5) is 5.69 Å². The highest BCUT2D eigenvalue weighted by atomic mass is 35.5. The first-order valence-electron chi connectivity index (χ1n) is 7.70. The first-order chi connectivity index (χ1) is 12.8. The van der Waals surface area contributed by atoms with E-state index >= 15 is 0 Å². The second-order valence-electron chi connectivity index (χ2n) is 5.39. The summed E-state index contributed by atoms with van der Waals surface area (Å²) in [6.07, 6.45) is 1.28. The summed E-state index contributed by atoms with van der Waals surface area (Å²) in [5, 5.41) is 14.9. The molecule has 0 spiro atoms. The van der Waals surface area contributed by atoms with Gasteiger partial charge in [-0.15, -0.1) is 0 Å². The number of ether oxygens (including phenoxy) is 1. The van der Waals surface area contributed by atoms with Crippen LogP contribution in [0.25, 0.3) is 0 Å². The van der Waals surface area contributed by atoms with E-state index in [0.29, 0.717) is 11.3 Å². The molecule has 3 N–H and O–H groups in total. The molecule has 0 radical (unpaired) electrons. The number of aliphatic carboxylic acids is 1. The average molecular weight is 390 g/mol. The van der Waals surface area contributed by atoms with Gasteiger partial charge in [0.25, 0.3) is 0 Å². The lowest BCUT2D eigenvalue weighted by Crippen LogP contribution is -2.32. The lowest BCUT2D eigenvalue weighted by Gasteiger charge is -2.06. The molecule has 0 atom stereocenters. The Morgan fingerprint density at radius 1 is 1.15 bits per heavy atom. The van der Waals surface area contributed by atoms with E-state index in [1.165, 1.54) is 18.3 Å². The molecule has 2 aromatic carbocycles. The number of halogens is 1. The van der Waals surface area contributed by atoms with Gasteiger partial charge in [-0.2, -0.15) is 5.10 Å². The van der Waals surface area contributed by atoms with E-state index in [-0.39, 0.29) is 10.8 Å². The van der Waals surface area contributed by atoms with E-state index in [2.05, 4.69) is 15.8 Å². The van der Waals surface area contributed by atoms with Crippen LogP contribution in [0.2, 0.25) is 5.02 Å². The first kappa shape index (κ1) is 19.9. The number of nitrogens with zero attached hydrogens (tertiary/aromatic N) is 1. The molecule has 140 valence electrons. The zero-order chi connectivity index (χ0) is 19.8. The van der Waals surface area contributed by atoms with Gasteiger partial charge in [-0.25, -0.2) is 10.2 Å². The fourth-order valence-corrected chi connectivity index (χ4v) is 2.14. The molecule has 2 rings (SSSR count). The molecule has 0 unspecified atom stereocenters. The molecule has 0 aliphatic heterocycles. The van der Waals surface area contributed by atoms with Gasteiger partial charge in [0, 0.05) is 5.69 Å². The third kappa shape index (κ3) is 6.44.